The van der Waals surface area contributed by atoms with E-state index < -0.39 is 5.91 Å². The van der Waals surface area contributed by atoms with Gasteiger partial charge in [-0.1, -0.05) is 41.9 Å². The Morgan fingerprint density at radius 3 is 2.65 bits per heavy atom. The summed E-state index contributed by atoms with van der Waals surface area (Å²) < 4.78 is 5.54. The first-order valence-electron chi connectivity index (χ1n) is 7.67. The number of anilines is 1. The van der Waals surface area contributed by atoms with Crippen LogP contribution in [0.4, 0.5) is 5.69 Å². The fourth-order valence-corrected chi connectivity index (χ4v) is 2.49. The number of hydrogen-bond donors (Lipinski definition) is 1. The molecular weight excluding hydrogens is 371 g/mol. The molecular formula is C20H16Cl2N2O2. The summed E-state index contributed by atoms with van der Waals surface area (Å²) in [5.41, 5.74) is 1.81. The maximum Gasteiger partial charge on any atom is 0.266 e. The number of carbonyl (C=O) groups excluding carboxylic acids is 1. The van der Waals surface area contributed by atoms with Gasteiger partial charge in [-0.3, -0.25) is 4.79 Å². The van der Waals surface area contributed by atoms with Crippen molar-refractivity contribution in [1.29, 1.82) is 5.26 Å². The SMILES string of the molecule is C=CCOc1ccc(Cl)cc1/C=C(\C#N)C(=O)Nc1cc(Cl)ccc1C. The molecule has 0 atom stereocenters. The van der Waals surface area contributed by atoms with E-state index in [0.717, 1.165) is 5.56 Å². The summed E-state index contributed by atoms with van der Waals surface area (Å²) in [7, 11) is 0. The largest absolute Gasteiger partial charge is 0.489 e. The zero-order valence-corrected chi connectivity index (χ0v) is 15.6. The summed E-state index contributed by atoms with van der Waals surface area (Å²) in [6.07, 6.45) is 3.03. The second-order valence-corrected chi connectivity index (χ2v) is 6.24. The van der Waals surface area contributed by atoms with E-state index in [2.05, 4.69) is 11.9 Å². The molecule has 2 aromatic carbocycles. The van der Waals surface area contributed by atoms with E-state index in [4.69, 9.17) is 27.9 Å². The third-order valence-corrected chi connectivity index (χ3v) is 3.91. The van der Waals surface area contributed by atoms with Crippen molar-refractivity contribution >= 4 is 40.9 Å². The number of benzene rings is 2. The first-order valence-corrected chi connectivity index (χ1v) is 8.42. The Bertz CT molecular complexity index is 915. The molecule has 132 valence electrons. The Labute approximate surface area is 162 Å². The van der Waals surface area contributed by atoms with Gasteiger partial charge in [0.15, 0.2) is 0 Å². The predicted molar refractivity (Wildman–Crippen MR) is 106 cm³/mol. The molecule has 0 aliphatic carbocycles. The van der Waals surface area contributed by atoms with Crippen molar-refractivity contribution in [3.05, 3.63) is 75.8 Å². The summed E-state index contributed by atoms with van der Waals surface area (Å²) in [4.78, 5) is 12.5. The van der Waals surface area contributed by atoms with E-state index in [1.54, 1.807) is 42.5 Å². The van der Waals surface area contributed by atoms with Gasteiger partial charge in [0.2, 0.25) is 0 Å². The molecule has 0 aromatic heterocycles. The molecule has 0 bridgehead atoms. The normalized spacial score (nSPS) is 10.8. The highest BCUT2D eigenvalue weighted by Crippen LogP contribution is 2.26. The van der Waals surface area contributed by atoms with Crippen molar-refractivity contribution < 1.29 is 9.53 Å². The van der Waals surface area contributed by atoms with Crippen LogP contribution < -0.4 is 10.1 Å². The van der Waals surface area contributed by atoms with E-state index in [0.29, 0.717) is 27.0 Å². The Balaban J connectivity index is 2.34. The lowest BCUT2D eigenvalue weighted by molar-refractivity contribution is -0.112. The zero-order valence-electron chi connectivity index (χ0n) is 14.1. The summed E-state index contributed by atoms with van der Waals surface area (Å²) in [6, 6.07) is 12.0. The monoisotopic (exact) mass is 386 g/mol. The van der Waals surface area contributed by atoms with Crippen LogP contribution in [0.1, 0.15) is 11.1 Å². The number of ether oxygens (including phenoxy) is 1. The molecule has 0 radical (unpaired) electrons. The quantitative estimate of drug-likeness (QED) is 0.409. The Morgan fingerprint density at radius 2 is 1.96 bits per heavy atom. The Hall–Kier alpha value is -2.74. The Morgan fingerprint density at radius 1 is 1.27 bits per heavy atom. The highest BCUT2D eigenvalue weighted by molar-refractivity contribution is 6.31. The van der Waals surface area contributed by atoms with E-state index in [9.17, 15) is 10.1 Å². The fourth-order valence-electron chi connectivity index (χ4n) is 2.13. The molecule has 26 heavy (non-hydrogen) atoms. The lowest BCUT2D eigenvalue weighted by Crippen LogP contribution is -2.14. The standard InChI is InChI=1S/C20H16Cl2N2O2/c1-3-8-26-19-7-6-16(21)10-14(19)9-15(12-23)20(25)24-18-11-17(22)5-4-13(18)2/h3-7,9-11H,1,8H2,2H3,(H,24,25)/b15-9+. The molecule has 0 spiro atoms. The third-order valence-electron chi connectivity index (χ3n) is 3.44. The van der Waals surface area contributed by atoms with Crippen molar-refractivity contribution in [2.75, 3.05) is 11.9 Å². The minimum absolute atomic E-state index is 0.0879. The molecule has 6 heteroatoms. The van der Waals surface area contributed by atoms with Gasteiger partial charge in [0.1, 0.15) is 24.0 Å². The minimum atomic E-state index is -0.549. The van der Waals surface area contributed by atoms with Crippen LogP contribution in [0, 0.1) is 18.3 Å². The highest BCUT2D eigenvalue weighted by Gasteiger charge is 2.13. The lowest BCUT2D eigenvalue weighted by atomic mass is 10.1. The molecule has 0 saturated heterocycles. The van der Waals surface area contributed by atoms with E-state index in [-0.39, 0.29) is 12.2 Å². The third kappa shape index (κ3) is 5.13. The summed E-state index contributed by atoms with van der Waals surface area (Å²) in [5.74, 6) is -0.0544. The van der Waals surface area contributed by atoms with Crippen LogP contribution in [-0.2, 0) is 4.79 Å². The van der Waals surface area contributed by atoms with Crippen LogP contribution in [0.15, 0.2) is 54.6 Å². The Kier molecular flexibility index (Phi) is 6.85. The molecule has 0 fully saturated rings. The molecule has 1 amide bonds. The molecule has 1 N–H and O–H groups in total. The van der Waals surface area contributed by atoms with Crippen molar-refractivity contribution in [3.63, 3.8) is 0 Å². The van der Waals surface area contributed by atoms with Crippen LogP contribution in [0.3, 0.4) is 0 Å². The summed E-state index contributed by atoms with van der Waals surface area (Å²) >= 11 is 12.0. The van der Waals surface area contributed by atoms with E-state index >= 15 is 0 Å². The van der Waals surface area contributed by atoms with Gasteiger partial charge in [-0.25, -0.2) is 0 Å². The second-order valence-electron chi connectivity index (χ2n) is 5.37. The first-order chi connectivity index (χ1) is 12.4. The number of nitrogens with zero attached hydrogens (tertiary/aromatic N) is 1. The molecule has 0 aliphatic heterocycles. The van der Waals surface area contributed by atoms with Crippen molar-refractivity contribution in [3.8, 4) is 11.8 Å². The smallest absolute Gasteiger partial charge is 0.266 e. The maximum absolute atomic E-state index is 12.5. The van der Waals surface area contributed by atoms with Gasteiger partial charge in [-0.15, -0.1) is 0 Å². The van der Waals surface area contributed by atoms with Gasteiger partial charge < -0.3 is 10.1 Å². The molecule has 2 aromatic rings. The number of rotatable bonds is 6. The van der Waals surface area contributed by atoms with Crippen molar-refractivity contribution in [1.82, 2.24) is 0 Å². The topological polar surface area (TPSA) is 62.1 Å². The van der Waals surface area contributed by atoms with Crippen molar-refractivity contribution in [2.24, 2.45) is 0 Å². The average Bonchev–Trinajstić information content (AvgIpc) is 2.61. The summed E-state index contributed by atoms with van der Waals surface area (Å²) in [5, 5.41) is 13.0. The molecule has 0 aliphatic rings. The van der Waals surface area contributed by atoms with Gasteiger partial charge in [0, 0.05) is 21.3 Å². The van der Waals surface area contributed by atoms with Gasteiger partial charge in [-0.2, -0.15) is 5.26 Å². The number of aryl methyl sites for hydroxylation is 1. The van der Waals surface area contributed by atoms with Crippen LogP contribution in [0.5, 0.6) is 5.75 Å². The number of hydrogen-bond acceptors (Lipinski definition) is 3. The second kappa shape index (κ2) is 9.10. The van der Waals surface area contributed by atoms with Crippen LogP contribution in [-0.4, -0.2) is 12.5 Å². The van der Waals surface area contributed by atoms with Crippen molar-refractivity contribution in [2.45, 2.75) is 6.92 Å². The zero-order chi connectivity index (χ0) is 19.1. The van der Waals surface area contributed by atoms with Crippen LogP contribution in [0.2, 0.25) is 10.0 Å². The number of nitrogens with one attached hydrogen (secondary N) is 1. The minimum Gasteiger partial charge on any atom is -0.489 e. The average molecular weight is 387 g/mol. The van der Waals surface area contributed by atoms with Gasteiger partial charge >= 0.3 is 0 Å². The molecule has 0 unspecified atom stereocenters. The fraction of sp³-hybridized carbons (Fsp3) is 0.100. The number of amides is 1. The van der Waals surface area contributed by atoms with Gasteiger partial charge in [0.25, 0.3) is 5.91 Å². The van der Waals surface area contributed by atoms with Gasteiger partial charge in [0.05, 0.1) is 0 Å². The van der Waals surface area contributed by atoms with E-state index in [1.165, 1.54) is 6.08 Å². The number of halogens is 2. The van der Waals surface area contributed by atoms with Gasteiger partial charge in [-0.05, 0) is 48.9 Å². The number of nitriles is 1. The molecule has 2 rings (SSSR count). The predicted octanol–water partition coefficient (Wildman–Crippen LogP) is 5.41. The summed E-state index contributed by atoms with van der Waals surface area (Å²) in [6.45, 7) is 5.72. The lowest BCUT2D eigenvalue weighted by Gasteiger charge is -2.10. The molecule has 4 nitrogen and oxygen atoms in total. The van der Waals surface area contributed by atoms with Crippen LogP contribution in [0.25, 0.3) is 6.08 Å². The first kappa shape index (κ1) is 19.6. The molecule has 0 heterocycles. The molecule has 0 saturated carbocycles. The number of carbonyl (C=O) groups is 1. The van der Waals surface area contributed by atoms with Crippen LogP contribution >= 0.6 is 23.2 Å². The van der Waals surface area contributed by atoms with E-state index in [1.807, 2.05) is 13.0 Å². The maximum atomic E-state index is 12.5. The highest BCUT2D eigenvalue weighted by atomic mass is 35.5.